The predicted octanol–water partition coefficient (Wildman–Crippen LogP) is 0.505. The van der Waals surface area contributed by atoms with Crippen LogP contribution in [-0.4, -0.2) is 54.6 Å². The quantitative estimate of drug-likeness (QED) is 0.611. The lowest BCUT2D eigenvalue weighted by atomic mass is 9.83. The second-order valence-corrected chi connectivity index (χ2v) is 7.90. The largest absolute Gasteiger partial charge is 0.295 e. The molecule has 0 aromatic heterocycles. The van der Waals surface area contributed by atoms with Crippen molar-refractivity contribution in [2.24, 2.45) is 0 Å². The van der Waals surface area contributed by atoms with Gasteiger partial charge in [0.15, 0.2) is 0 Å². The molecule has 2 aliphatic heterocycles. The topological polar surface area (TPSA) is 40.6 Å². The molecule has 0 aromatic carbocycles. The average molecular weight is 232 g/mol. The van der Waals surface area contributed by atoms with E-state index in [-0.39, 0.29) is 11.1 Å². The van der Waals surface area contributed by atoms with Gasteiger partial charge in [-0.1, -0.05) is 0 Å². The lowest BCUT2D eigenvalue weighted by Crippen LogP contribution is -2.71. The van der Waals surface area contributed by atoms with Gasteiger partial charge in [-0.2, -0.15) is 4.31 Å². The molecule has 0 N–H and O–H groups in total. The van der Waals surface area contributed by atoms with Gasteiger partial charge >= 0.3 is 0 Å². The zero-order valence-corrected chi connectivity index (χ0v) is 10.8. The summed E-state index contributed by atoms with van der Waals surface area (Å²) in [4.78, 5) is 2.34. The Morgan fingerprint density at radius 3 is 2.07 bits per heavy atom. The summed E-state index contributed by atoms with van der Waals surface area (Å²) in [7, 11) is -1.23. The molecule has 0 aliphatic carbocycles. The number of hydrogen-bond acceptors (Lipinski definition) is 3. The summed E-state index contributed by atoms with van der Waals surface area (Å²) in [5.74, 6) is 0.321. The summed E-state index contributed by atoms with van der Waals surface area (Å²) in [6.45, 7) is 8.27. The number of likely N-dealkylation sites (N-methyl/N-ethyl adjacent to an activating group) is 1. The summed E-state index contributed by atoms with van der Waals surface area (Å²) < 4.78 is 24.9. The minimum absolute atomic E-state index is 0.0912. The van der Waals surface area contributed by atoms with Crippen LogP contribution in [0.2, 0.25) is 0 Å². The summed E-state index contributed by atoms with van der Waals surface area (Å²) >= 11 is 0. The van der Waals surface area contributed by atoms with Gasteiger partial charge in [0.1, 0.15) is 0 Å². The van der Waals surface area contributed by atoms with Crippen LogP contribution in [0, 0.1) is 0 Å². The average Bonchev–Trinajstić information content (AvgIpc) is 2.20. The second-order valence-electron chi connectivity index (χ2n) is 5.78. The van der Waals surface area contributed by atoms with Crippen molar-refractivity contribution >= 4 is 10.0 Å². The molecule has 88 valence electrons. The fraction of sp³-hybridized carbons (Fsp3) is 1.00. The molecule has 2 aliphatic rings. The lowest BCUT2D eigenvalue weighted by Gasteiger charge is -2.56. The normalized spacial score (nSPS) is 30.7. The van der Waals surface area contributed by atoms with Gasteiger partial charge in [-0.05, 0) is 27.2 Å². The van der Waals surface area contributed by atoms with Gasteiger partial charge in [0.05, 0.1) is 11.3 Å². The molecule has 0 saturated carbocycles. The van der Waals surface area contributed by atoms with E-state index in [1.54, 1.807) is 11.4 Å². The van der Waals surface area contributed by atoms with E-state index in [2.05, 4.69) is 25.7 Å². The molecule has 2 rings (SSSR count). The maximum absolute atomic E-state index is 11.6. The Morgan fingerprint density at radius 2 is 1.73 bits per heavy atom. The van der Waals surface area contributed by atoms with E-state index in [9.17, 15) is 8.42 Å². The summed E-state index contributed by atoms with van der Waals surface area (Å²) in [5.41, 5.74) is 0.0601. The van der Waals surface area contributed by atoms with Crippen LogP contribution in [-0.2, 0) is 10.0 Å². The molecule has 0 amide bonds. The van der Waals surface area contributed by atoms with E-state index in [0.29, 0.717) is 5.75 Å². The first kappa shape index (κ1) is 11.4. The third-order valence-corrected chi connectivity index (χ3v) is 5.77. The molecular formula is C10H20N2O2S. The van der Waals surface area contributed by atoms with Gasteiger partial charge in [0.25, 0.3) is 0 Å². The van der Waals surface area contributed by atoms with Crippen molar-refractivity contribution in [2.75, 3.05) is 25.9 Å². The number of sulfonamides is 1. The molecule has 0 unspecified atom stereocenters. The van der Waals surface area contributed by atoms with Crippen molar-refractivity contribution < 1.29 is 8.42 Å². The second kappa shape index (κ2) is 2.96. The summed E-state index contributed by atoms with van der Waals surface area (Å²) in [5, 5.41) is 0. The van der Waals surface area contributed by atoms with E-state index < -0.39 is 10.0 Å². The van der Waals surface area contributed by atoms with Crippen molar-refractivity contribution in [3.05, 3.63) is 0 Å². The molecule has 4 nitrogen and oxygen atoms in total. The van der Waals surface area contributed by atoms with E-state index in [1.165, 1.54) is 0 Å². The molecule has 0 atom stereocenters. The molecule has 2 fully saturated rings. The predicted molar refractivity (Wildman–Crippen MR) is 60.2 cm³/mol. The molecule has 15 heavy (non-hydrogen) atoms. The Balaban J connectivity index is 2.11. The first-order valence-electron chi connectivity index (χ1n) is 5.39. The van der Waals surface area contributed by atoms with Gasteiger partial charge < -0.3 is 0 Å². The number of nitrogens with zero attached hydrogens (tertiary/aromatic N) is 2. The number of likely N-dealkylation sites (tertiary alicyclic amines) is 1. The van der Waals surface area contributed by atoms with E-state index in [1.807, 2.05) is 0 Å². The molecule has 2 saturated heterocycles. The Morgan fingerprint density at radius 1 is 1.20 bits per heavy atom. The van der Waals surface area contributed by atoms with Crippen molar-refractivity contribution in [1.82, 2.24) is 9.21 Å². The van der Waals surface area contributed by atoms with Crippen molar-refractivity contribution in [2.45, 2.75) is 38.3 Å². The standard InChI is InChI=1S/C10H20N2O2S/c1-9(2,3)12-7-10(8-12)5-6-15(13,14)11(10)4/h5-8H2,1-4H3. The highest BCUT2D eigenvalue weighted by Crippen LogP contribution is 2.40. The molecule has 0 radical (unpaired) electrons. The van der Waals surface area contributed by atoms with Crippen LogP contribution >= 0.6 is 0 Å². The highest BCUT2D eigenvalue weighted by atomic mass is 32.2. The number of hydrogen-bond donors (Lipinski definition) is 0. The minimum atomic E-state index is -2.96. The molecule has 2 heterocycles. The summed E-state index contributed by atoms with van der Waals surface area (Å²) in [6, 6.07) is 0. The Labute approximate surface area is 92.3 Å². The molecule has 0 aromatic rings. The van der Waals surface area contributed by atoms with Crippen LogP contribution in [0.4, 0.5) is 0 Å². The van der Waals surface area contributed by atoms with Crippen LogP contribution in [0.1, 0.15) is 27.2 Å². The zero-order valence-electron chi connectivity index (χ0n) is 9.95. The third-order valence-electron chi connectivity index (χ3n) is 3.83. The van der Waals surface area contributed by atoms with Crippen LogP contribution in [0.25, 0.3) is 0 Å². The maximum Gasteiger partial charge on any atom is 0.214 e. The van der Waals surface area contributed by atoms with Crippen LogP contribution < -0.4 is 0 Å². The number of rotatable bonds is 0. The summed E-state index contributed by atoms with van der Waals surface area (Å²) in [6.07, 6.45) is 0.790. The molecule has 0 bridgehead atoms. The first-order valence-corrected chi connectivity index (χ1v) is 7.00. The van der Waals surface area contributed by atoms with Gasteiger partial charge in [-0.15, -0.1) is 0 Å². The monoisotopic (exact) mass is 232 g/mol. The highest BCUT2D eigenvalue weighted by Gasteiger charge is 2.56. The third kappa shape index (κ3) is 1.61. The van der Waals surface area contributed by atoms with E-state index in [0.717, 1.165) is 19.5 Å². The van der Waals surface area contributed by atoms with Crippen LogP contribution in [0.3, 0.4) is 0 Å². The Kier molecular flexibility index (Phi) is 2.24. The van der Waals surface area contributed by atoms with E-state index >= 15 is 0 Å². The fourth-order valence-electron chi connectivity index (χ4n) is 2.40. The van der Waals surface area contributed by atoms with Crippen molar-refractivity contribution in [3.8, 4) is 0 Å². The first-order chi connectivity index (χ1) is 6.67. The van der Waals surface area contributed by atoms with Gasteiger partial charge in [0, 0.05) is 25.7 Å². The smallest absolute Gasteiger partial charge is 0.214 e. The molecule has 1 spiro atoms. The van der Waals surface area contributed by atoms with Gasteiger partial charge in [-0.25, -0.2) is 8.42 Å². The molecular weight excluding hydrogens is 212 g/mol. The maximum atomic E-state index is 11.6. The fourth-order valence-corrected chi connectivity index (χ4v) is 4.11. The van der Waals surface area contributed by atoms with Crippen molar-refractivity contribution in [3.63, 3.8) is 0 Å². The minimum Gasteiger partial charge on any atom is -0.295 e. The van der Waals surface area contributed by atoms with Gasteiger partial charge in [0.2, 0.25) is 10.0 Å². The van der Waals surface area contributed by atoms with Crippen LogP contribution in [0.15, 0.2) is 0 Å². The van der Waals surface area contributed by atoms with Crippen molar-refractivity contribution in [1.29, 1.82) is 0 Å². The van der Waals surface area contributed by atoms with Crippen LogP contribution in [0.5, 0.6) is 0 Å². The van der Waals surface area contributed by atoms with Gasteiger partial charge in [-0.3, -0.25) is 4.90 Å². The van der Waals surface area contributed by atoms with E-state index in [4.69, 9.17) is 0 Å². The zero-order chi connectivity index (χ0) is 11.5. The highest BCUT2D eigenvalue weighted by molar-refractivity contribution is 7.89. The molecule has 5 heteroatoms. The lowest BCUT2D eigenvalue weighted by molar-refractivity contribution is -0.0500. The SMILES string of the molecule is CN1C2(CCS1(=O)=O)CN(C(C)(C)C)C2. The Bertz CT molecular complexity index is 363. The Hall–Kier alpha value is -0.130.